The first-order valence-electron chi connectivity index (χ1n) is 11.6. The molecular weight excluding hydrogens is 505 g/mol. The van der Waals surface area contributed by atoms with Crippen molar-refractivity contribution in [3.63, 3.8) is 0 Å². The lowest BCUT2D eigenvalue weighted by Crippen LogP contribution is -2.13. The molecule has 0 saturated carbocycles. The number of pyridine rings is 1. The number of anilines is 2. The van der Waals surface area contributed by atoms with Crippen molar-refractivity contribution < 1.29 is 14.3 Å². The van der Waals surface area contributed by atoms with Gasteiger partial charge in [-0.05, 0) is 42.8 Å². The fourth-order valence-electron chi connectivity index (χ4n) is 3.95. The molecule has 0 aliphatic carbocycles. The van der Waals surface area contributed by atoms with Gasteiger partial charge in [-0.1, -0.05) is 18.3 Å². The third-order valence-electron chi connectivity index (χ3n) is 5.74. The highest BCUT2D eigenvalue weighted by Crippen LogP contribution is 2.37. The first-order chi connectivity index (χ1) is 18.5. The van der Waals surface area contributed by atoms with Crippen LogP contribution in [0.1, 0.15) is 23.3 Å². The number of hydrogen-bond acceptors (Lipinski definition) is 9. The van der Waals surface area contributed by atoms with Crippen molar-refractivity contribution in [1.29, 1.82) is 5.26 Å². The molecule has 0 spiro atoms. The molecule has 4 heterocycles. The van der Waals surface area contributed by atoms with Crippen LogP contribution >= 0.6 is 11.3 Å². The third-order valence-corrected chi connectivity index (χ3v) is 6.78. The van der Waals surface area contributed by atoms with E-state index in [2.05, 4.69) is 16.0 Å². The zero-order valence-corrected chi connectivity index (χ0v) is 21.8. The van der Waals surface area contributed by atoms with Crippen LogP contribution in [0.4, 0.5) is 15.3 Å². The third kappa shape index (κ3) is 5.13. The number of benzene rings is 1. The molecule has 0 aliphatic rings. The number of aryl methyl sites for hydroxylation is 1. The summed E-state index contributed by atoms with van der Waals surface area (Å²) in [5.41, 5.74) is 4.55. The Kier molecular flexibility index (Phi) is 8.15. The Bertz CT molecular complexity index is 1610. The van der Waals surface area contributed by atoms with E-state index in [0.717, 1.165) is 41.7 Å². The lowest BCUT2D eigenvalue weighted by atomic mass is 10.1. The molecule has 5 aromatic rings. The molecule has 0 atom stereocenters. The van der Waals surface area contributed by atoms with Crippen molar-refractivity contribution in [3.05, 3.63) is 77.2 Å². The number of carbonyl (C=O) groups is 1. The maximum absolute atomic E-state index is 13.4. The molecule has 0 radical (unpaired) electrons. The summed E-state index contributed by atoms with van der Waals surface area (Å²) in [5, 5.41) is 17.3. The summed E-state index contributed by atoms with van der Waals surface area (Å²) in [6, 6.07) is 12.1. The van der Waals surface area contributed by atoms with E-state index in [-0.39, 0.29) is 12.2 Å². The summed E-state index contributed by atoms with van der Waals surface area (Å²) in [6.07, 6.45) is 7.01. The summed E-state index contributed by atoms with van der Waals surface area (Å²) in [5.74, 6) is 0.958. The maximum Gasteiger partial charge on any atom is 0.192 e. The molecule has 0 saturated heterocycles. The number of aliphatic hydroxyl groups excluding tert-OH is 1. The van der Waals surface area contributed by atoms with Crippen molar-refractivity contribution in [1.82, 2.24) is 24.3 Å². The number of aromatic nitrogens is 5. The molecular formula is C27H24FN7O2S. The standard InChI is InChI=1S/C26H20FN7OS.CH4O/c1-3-20-25(33(2)26-32-24(21(12-28)36-26)16-4-7-19(27)8-5-16)34-15-17(6-9-23(34)31-20)18-13-29-22(10-11-35)30-14-18;1-2/h4-9,11,13-15H,3,10H2,1-2H3;2H,1H3. The van der Waals surface area contributed by atoms with Gasteiger partial charge in [-0.3, -0.25) is 4.40 Å². The second kappa shape index (κ2) is 11.7. The average molecular weight is 530 g/mol. The van der Waals surface area contributed by atoms with Gasteiger partial charge in [0.2, 0.25) is 0 Å². The van der Waals surface area contributed by atoms with E-state index < -0.39 is 0 Å². The molecule has 192 valence electrons. The van der Waals surface area contributed by atoms with Crippen LogP contribution in [0.25, 0.3) is 28.0 Å². The van der Waals surface area contributed by atoms with Gasteiger partial charge in [0.1, 0.15) is 46.0 Å². The largest absolute Gasteiger partial charge is 0.400 e. The van der Waals surface area contributed by atoms with E-state index in [4.69, 9.17) is 15.1 Å². The van der Waals surface area contributed by atoms with Crippen LogP contribution in [0.2, 0.25) is 0 Å². The molecule has 1 N–H and O–H groups in total. The monoisotopic (exact) mass is 529 g/mol. The number of imidazole rings is 1. The number of hydrogen-bond donors (Lipinski definition) is 1. The van der Waals surface area contributed by atoms with Gasteiger partial charge in [0.25, 0.3) is 0 Å². The topological polar surface area (TPSA) is 120 Å². The van der Waals surface area contributed by atoms with Crippen molar-refractivity contribution in [3.8, 4) is 28.5 Å². The average Bonchev–Trinajstić information content (AvgIpc) is 3.56. The van der Waals surface area contributed by atoms with Crippen molar-refractivity contribution >= 4 is 34.2 Å². The number of thiazole rings is 1. The summed E-state index contributed by atoms with van der Waals surface area (Å²) in [7, 11) is 2.89. The summed E-state index contributed by atoms with van der Waals surface area (Å²) >= 11 is 1.27. The second-order valence-corrected chi connectivity index (χ2v) is 8.97. The van der Waals surface area contributed by atoms with Crippen LogP contribution in [-0.2, 0) is 17.6 Å². The number of nitriles is 1. The van der Waals surface area contributed by atoms with Gasteiger partial charge < -0.3 is 14.8 Å². The number of carbonyl (C=O) groups excluding carboxylic acids is 1. The van der Waals surface area contributed by atoms with Crippen molar-refractivity contribution in [2.24, 2.45) is 0 Å². The SMILES string of the molecule is CCc1nc2ccc(-c3cnc(CC=O)nc3)cn2c1N(C)c1nc(-c2ccc(F)cc2)c(C#N)s1.CO. The Hall–Kier alpha value is -4.53. The van der Waals surface area contributed by atoms with Crippen LogP contribution in [-0.4, -0.2) is 49.9 Å². The first-order valence-corrected chi connectivity index (χ1v) is 12.4. The fourth-order valence-corrected chi connectivity index (χ4v) is 4.80. The first kappa shape index (κ1) is 26.5. The van der Waals surface area contributed by atoms with E-state index >= 15 is 0 Å². The Balaban J connectivity index is 0.00000164. The smallest absolute Gasteiger partial charge is 0.192 e. The molecule has 0 amide bonds. The number of aldehydes is 1. The molecule has 38 heavy (non-hydrogen) atoms. The molecule has 11 heteroatoms. The Morgan fingerprint density at radius 3 is 2.39 bits per heavy atom. The molecule has 0 unspecified atom stereocenters. The van der Waals surface area contributed by atoms with E-state index in [0.29, 0.717) is 33.5 Å². The Labute approximate surface area is 222 Å². The van der Waals surface area contributed by atoms with Gasteiger partial charge >= 0.3 is 0 Å². The van der Waals surface area contributed by atoms with Gasteiger partial charge in [0.05, 0.1) is 12.1 Å². The van der Waals surface area contributed by atoms with Crippen LogP contribution in [0.5, 0.6) is 0 Å². The van der Waals surface area contributed by atoms with Crippen molar-refractivity contribution in [2.75, 3.05) is 19.1 Å². The van der Waals surface area contributed by atoms with E-state index in [1.807, 2.05) is 41.6 Å². The highest BCUT2D eigenvalue weighted by molar-refractivity contribution is 7.16. The van der Waals surface area contributed by atoms with Crippen LogP contribution in [0.3, 0.4) is 0 Å². The van der Waals surface area contributed by atoms with E-state index in [1.54, 1.807) is 24.5 Å². The second-order valence-electron chi connectivity index (χ2n) is 7.99. The van der Waals surface area contributed by atoms with Gasteiger partial charge in [-0.2, -0.15) is 5.26 Å². The number of fused-ring (bicyclic) bond motifs is 1. The summed E-state index contributed by atoms with van der Waals surface area (Å²) in [6.45, 7) is 2.03. The molecule has 5 rings (SSSR count). The molecule has 1 aromatic carbocycles. The predicted octanol–water partition coefficient (Wildman–Crippen LogP) is 4.61. The number of rotatable bonds is 7. The van der Waals surface area contributed by atoms with Gasteiger partial charge in [0.15, 0.2) is 5.13 Å². The lowest BCUT2D eigenvalue weighted by Gasteiger charge is -2.17. The normalized spacial score (nSPS) is 10.5. The van der Waals surface area contributed by atoms with Crippen molar-refractivity contribution in [2.45, 2.75) is 19.8 Å². The fraction of sp³-hybridized carbons (Fsp3) is 0.185. The molecule has 0 bridgehead atoms. The highest BCUT2D eigenvalue weighted by Gasteiger charge is 2.22. The lowest BCUT2D eigenvalue weighted by molar-refractivity contribution is -0.107. The van der Waals surface area contributed by atoms with Gasteiger partial charge in [-0.25, -0.2) is 24.3 Å². The minimum atomic E-state index is -0.345. The predicted molar refractivity (Wildman–Crippen MR) is 144 cm³/mol. The van der Waals surface area contributed by atoms with Crippen LogP contribution in [0.15, 0.2) is 55.0 Å². The minimum absolute atomic E-state index is 0.175. The van der Waals surface area contributed by atoms with Gasteiger partial charge in [-0.15, -0.1) is 0 Å². The number of aliphatic hydroxyl groups is 1. The molecule has 0 aliphatic heterocycles. The Morgan fingerprint density at radius 1 is 1.08 bits per heavy atom. The zero-order valence-electron chi connectivity index (χ0n) is 21.0. The van der Waals surface area contributed by atoms with Gasteiger partial charge in [0, 0.05) is 49.4 Å². The number of nitrogens with zero attached hydrogens (tertiary/aromatic N) is 7. The molecule has 9 nitrogen and oxygen atoms in total. The summed E-state index contributed by atoms with van der Waals surface area (Å²) < 4.78 is 15.4. The zero-order chi connectivity index (χ0) is 27.2. The number of halogens is 1. The van der Waals surface area contributed by atoms with E-state index in [1.165, 1.54) is 23.5 Å². The maximum atomic E-state index is 13.4. The van der Waals surface area contributed by atoms with Crippen LogP contribution in [0, 0.1) is 17.1 Å². The molecule has 0 fully saturated rings. The molecule has 4 aromatic heterocycles. The quantitative estimate of drug-likeness (QED) is 0.304. The van der Waals surface area contributed by atoms with E-state index in [9.17, 15) is 14.4 Å². The van der Waals surface area contributed by atoms with Crippen LogP contribution < -0.4 is 4.90 Å². The Morgan fingerprint density at radius 2 is 1.76 bits per heavy atom. The summed E-state index contributed by atoms with van der Waals surface area (Å²) in [4.78, 5) is 31.2. The minimum Gasteiger partial charge on any atom is -0.400 e. The highest BCUT2D eigenvalue weighted by atomic mass is 32.1.